The first-order chi connectivity index (χ1) is 9.00. The van der Waals surface area contributed by atoms with E-state index in [9.17, 15) is 9.18 Å². The molecule has 2 aromatic rings. The van der Waals surface area contributed by atoms with E-state index in [0.29, 0.717) is 16.4 Å². The maximum atomic E-state index is 12.9. The van der Waals surface area contributed by atoms with Gasteiger partial charge in [-0.05, 0) is 36.4 Å². The number of anilines is 2. The van der Waals surface area contributed by atoms with Crippen LogP contribution in [0.5, 0.6) is 0 Å². The molecule has 98 valence electrons. The molecule has 2 aromatic carbocycles. The van der Waals surface area contributed by atoms with Gasteiger partial charge in [0, 0.05) is 18.4 Å². The molecular weight excluding hydrogens is 267 g/mol. The largest absolute Gasteiger partial charge is 0.398 e. The van der Waals surface area contributed by atoms with Crippen LogP contribution in [0.2, 0.25) is 5.02 Å². The first-order valence-electron chi connectivity index (χ1n) is 5.58. The highest BCUT2D eigenvalue weighted by atomic mass is 35.5. The van der Waals surface area contributed by atoms with Crippen LogP contribution in [0.1, 0.15) is 10.4 Å². The molecule has 0 aliphatic carbocycles. The Balaban J connectivity index is 2.36. The molecule has 19 heavy (non-hydrogen) atoms. The Morgan fingerprint density at radius 2 is 1.84 bits per heavy atom. The van der Waals surface area contributed by atoms with E-state index in [1.165, 1.54) is 29.2 Å². The predicted molar refractivity (Wildman–Crippen MR) is 75.0 cm³/mol. The maximum Gasteiger partial charge on any atom is 0.261 e. The van der Waals surface area contributed by atoms with Crippen LogP contribution in [0, 0.1) is 5.82 Å². The first-order valence-corrected chi connectivity index (χ1v) is 5.96. The molecule has 0 heterocycles. The summed E-state index contributed by atoms with van der Waals surface area (Å²) >= 11 is 5.99. The van der Waals surface area contributed by atoms with E-state index in [-0.39, 0.29) is 17.3 Å². The number of carbonyl (C=O) groups is 1. The van der Waals surface area contributed by atoms with Gasteiger partial charge < -0.3 is 10.6 Å². The Labute approximate surface area is 115 Å². The number of amides is 1. The van der Waals surface area contributed by atoms with Crippen molar-refractivity contribution in [2.24, 2.45) is 0 Å². The fraction of sp³-hybridized carbons (Fsp3) is 0.0714. The zero-order valence-electron chi connectivity index (χ0n) is 10.2. The van der Waals surface area contributed by atoms with Gasteiger partial charge in [0.05, 0.1) is 10.6 Å². The molecule has 2 rings (SSSR count). The van der Waals surface area contributed by atoms with Crippen molar-refractivity contribution in [3.8, 4) is 0 Å². The monoisotopic (exact) mass is 278 g/mol. The quantitative estimate of drug-likeness (QED) is 0.857. The van der Waals surface area contributed by atoms with Crippen LogP contribution in [0.3, 0.4) is 0 Å². The van der Waals surface area contributed by atoms with Crippen molar-refractivity contribution < 1.29 is 9.18 Å². The van der Waals surface area contributed by atoms with Crippen molar-refractivity contribution in [1.82, 2.24) is 0 Å². The zero-order chi connectivity index (χ0) is 14.0. The van der Waals surface area contributed by atoms with E-state index >= 15 is 0 Å². The van der Waals surface area contributed by atoms with Gasteiger partial charge in [0.2, 0.25) is 0 Å². The van der Waals surface area contributed by atoms with Crippen molar-refractivity contribution in [1.29, 1.82) is 0 Å². The summed E-state index contributed by atoms with van der Waals surface area (Å²) in [6, 6.07) is 10.5. The number of carbonyl (C=O) groups excluding carboxylic acids is 1. The van der Waals surface area contributed by atoms with Gasteiger partial charge in [-0.2, -0.15) is 0 Å². The second-order valence-electron chi connectivity index (χ2n) is 4.04. The minimum absolute atomic E-state index is 0.246. The Morgan fingerprint density at radius 1 is 1.21 bits per heavy atom. The molecule has 0 unspecified atom stereocenters. The minimum atomic E-state index is -0.359. The average molecular weight is 279 g/mol. The van der Waals surface area contributed by atoms with Gasteiger partial charge in [0.1, 0.15) is 5.82 Å². The Hall–Kier alpha value is -2.07. The second-order valence-corrected chi connectivity index (χ2v) is 4.45. The summed E-state index contributed by atoms with van der Waals surface area (Å²) in [4.78, 5) is 13.7. The Bertz CT molecular complexity index is 593. The normalized spacial score (nSPS) is 10.3. The third-order valence-corrected chi connectivity index (χ3v) is 3.09. The van der Waals surface area contributed by atoms with Gasteiger partial charge >= 0.3 is 0 Å². The molecule has 0 saturated heterocycles. The topological polar surface area (TPSA) is 46.3 Å². The number of hydrogen-bond acceptors (Lipinski definition) is 2. The van der Waals surface area contributed by atoms with Crippen molar-refractivity contribution >= 4 is 28.9 Å². The number of nitrogen functional groups attached to an aromatic ring is 1. The van der Waals surface area contributed by atoms with E-state index in [2.05, 4.69) is 0 Å². The van der Waals surface area contributed by atoms with E-state index in [0.717, 1.165) is 0 Å². The Morgan fingerprint density at radius 3 is 2.42 bits per heavy atom. The van der Waals surface area contributed by atoms with E-state index in [1.54, 1.807) is 25.2 Å². The third-order valence-electron chi connectivity index (χ3n) is 2.78. The summed E-state index contributed by atoms with van der Waals surface area (Å²) in [7, 11) is 1.58. The highest BCUT2D eigenvalue weighted by Gasteiger charge is 2.19. The summed E-state index contributed by atoms with van der Waals surface area (Å²) in [6.45, 7) is 0. The standard InChI is InChI=1S/C14H12ClFN2O/c1-18(10-7-5-9(16)6-8-10)14(19)13-11(15)3-2-4-12(13)17/h2-8H,17H2,1H3. The van der Waals surface area contributed by atoms with Crippen LogP contribution in [0.15, 0.2) is 42.5 Å². The highest BCUT2D eigenvalue weighted by molar-refractivity contribution is 6.35. The van der Waals surface area contributed by atoms with E-state index in [4.69, 9.17) is 17.3 Å². The summed E-state index contributed by atoms with van der Waals surface area (Å²) < 4.78 is 12.9. The molecule has 0 aliphatic rings. The third kappa shape index (κ3) is 2.69. The SMILES string of the molecule is CN(C(=O)c1c(N)cccc1Cl)c1ccc(F)cc1. The molecule has 1 amide bonds. The molecule has 0 spiro atoms. The fourth-order valence-electron chi connectivity index (χ4n) is 1.72. The van der Waals surface area contributed by atoms with Crippen molar-refractivity contribution in [3.63, 3.8) is 0 Å². The first kappa shape index (κ1) is 13.4. The van der Waals surface area contributed by atoms with Crippen LogP contribution < -0.4 is 10.6 Å². The number of hydrogen-bond donors (Lipinski definition) is 1. The lowest BCUT2D eigenvalue weighted by Gasteiger charge is -2.19. The lowest BCUT2D eigenvalue weighted by molar-refractivity contribution is 0.0994. The lowest BCUT2D eigenvalue weighted by Crippen LogP contribution is -2.27. The van der Waals surface area contributed by atoms with Gasteiger partial charge in [-0.15, -0.1) is 0 Å². The number of benzene rings is 2. The number of halogens is 2. The van der Waals surface area contributed by atoms with Crippen molar-refractivity contribution in [2.45, 2.75) is 0 Å². The zero-order valence-corrected chi connectivity index (χ0v) is 11.0. The van der Waals surface area contributed by atoms with Crippen LogP contribution in [-0.4, -0.2) is 13.0 Å². The average Bonchev–Trinajstić information content (AvgIpc) is 2.38. The van der Waals surface area contributed by atoms with Gasteiger partial charge in [0.15, 0.2) is 0 Å². The summed E-state index contributed by atoms with van der Waals surface area (Å²) in [6.07, 6.45) is 0. The molecule has 5 heteroatoms. The fourth-order valence-corrected chi connectivity index (χ4v) is 1.98. The Kier molecular flexibility index (Phi) is 3.71. The van der Waals surface area contributed by atoms with E-state index in [1.807, 2.05) is 0 Å². The summed E-state index contributed by atoms with van der Waals surface area (Å²) in [5.74, 6) is -0.698. The smallest absolute Gasteiger partial charge is 0.261 e. The molecule has 2 N–H and O–H groups in total. The van der Waals surface area contributed by atoms with Gasteiger partial charge in [-0.25, -0.2) is 4.39 Å². The minimum Gasteiger partial charge on any atom is -0.398 e. The number of rotatable bonds is 2. The summed E-state index contributed by atoms with van der Waals surface area (Å²) in [5, 5.41) is 0.291. The number of nitrogens with zero attached hydrogens (tertiary/aromatic N) is 1. The molecule has 0 atom stereocenters. The van der Waals surface area contributed by atoms with Crippen LogP contribution >= 0.6 is 11.6 Å². The maximum absolute atomic E-state index is 12.9. The van der Waals surface area contributed by atoms with Gasteiger partial charge in [-0.1, -0.05) is 17.7 Å². The van der Waals surface area contributed by atoms with Crippen LogP contribution in [0.4, 0.5) is 15.8 Å². The van der Waals surface area contributed by atoms with Crippen LogP contribution in [0.25, 0.3) is 0 Å². The van der Waals surface area contributed by atoms with Crippen LogP contribution in [-0.2, 0) is 0 Å². The van der Waals surface area contributed by atoms with Gasteiger partial charge in [0.25, 0.3) is 5.91 Å². The molecule has 0 radical (unpaired) electrons. The lowest BCUT2D eigenvalue weighted by atomic mass is 10.1. The molecule has 0 bridgehead atoms. The molecule has 0 aliphatic heterocycles. The predicted octanol–water partition coefficient (Wildman–Crippen LogP) is 3.34. The molecule has 0 saturated carbocycles. The van der Waals surface area contributed by atoms with Crippen molar-refractivity contribution in [2.75, 3.05) is 17.7 Å². The highest BCUT2D eigenvalue weighted by Crippen LogP contribution is 2.25. The van der Waals surface area contributed by atoms with E-state index < -0.39 is 0 Å². The number of nitrogens with two attached hydrogens (primary N) is 1. The molecule has 0 fully saturated rings. The molecular formula is C14H12ClFN2O. The molecule has 0 aromatic heterocycles. The second kappa shape index (κ2) is 5.28. The summed E-state index contributed by atoms with van der Waals surface area (Å²) in [5.41, 5.74) is 6.89. The molecule has 3 nitrogen and oxygen atoms in total. The van der Waals surface area contributed by atoms with Crippen molar-refractivity contribution in [3.05, 3.63) is 58.9 Å². The van der Waals surface area contributed by atoms with Gasteiger partial charge in [-0.3, -0.25) is 4.79 Å².